The predicted octanol–water partition coefficient (Wildman–Crippen LogP) is 1.59. The topological polar surface area (TPSA) is 36.1 Å². The van der Waals surface area contributed by atoms with Gasteiger partial charge in [-0.05, 0) is 25.5 Å². The third kappa shape index (κ3) is 2.43. The van der Waals surface area contributed by atoms with Crippen LogP contribution < -0.4 is 16.2 Å². The highest BCUT2D eigenvalue weighted by Gasteiger charge is 2.33. The summed E-state index contributed by atoms with van der Waals surface area (Å²) in [6.07, 6.45) is 1.49. The number of hydrogen-bond acceptors (Lipinski definition) is 3. The Labute approximate surface area is 97.6 Å². The Hall–Kier alpha value is -0.900. The second-order valence-electron chi connectivity index (χ2n) is 4.45. The first-order valence-electron chi connectivity index (χ1n) is 6.12. The van der Waals surface area contributed by atoms with Crippen LogP contribution in [0.5, 0.6) is 0 Å². The molecule has 3 atom stereocenters. The molecule has 0 aromatic heterocycles. The summed E-state index contributed by atoms with van der Waals surface area (Å²) in [5.41, 5.74) is 8.03. The smallest absolute Gasteiger partial charge is 0.0789 e. The summed E-state index contributed by atoms with van der Waals surface area (Å²) >= 11 is 0. The zero-order valence-corrected chi connectivity index (χ0v) is 10.0. The molecule has 1 aromatic carbocycles. The molecular weight excluding hydrogens is 198 g/mol. The second-order valence-corrected chi connectivity index (χ2v) is 4.45. The first-order valence-corrected chi connectivity index (χ1v) is 6.12. The average Bonchev–Trinajstić information content (AvgIpc) is 2.69. The summed E-state index contributed by atoms with van der Waals surface area (Å²) in [6, 6.07) is 11.1. The predicted molar refractivity (Wildman–Crippen MR) is 67.0 cm³/mol. The van der Waals surface area contributed by atoms with Crippen LogP contribution >= 0.6 is 0 Å². The van der Waals surface area contributed by atoms with Crippen LogP contribution in [-0.4, -0.2) is 18.8 Å². The van der Waals surface area contributed by atoms with Crippen LogP contribution in [0.1, 0.15) is 31.7 Å². The van der Waals surface area contributed by atoms with Crippen molar-refractivity contribution in [3.63, 3.8) is 0 Å². The SMILES string of the molecule is CCCNC1NNC(C)C1c1ccccc1. The van der Waals surface area contributed by atoms with Crippen molar-refractivity contribution in [1.29, 1.82) is 0 Å². The molecule has 1 aliphatic rings. The summed E-state index contributed by atoms with van der Waals surface area (Å²) in [6.45, 7) is 5.46. The van der Waals surface area contributed by atoms with Crippen LogP contribution in [-0.2, 0) is 0 Å². The van der Waals surface area contributed by atoms with Crippen LogP contribution in [0.2, 0.25) is 0 Å². The number of hydrogen-bond donors (Lipinski definition) is 3. The highest BCUT2D eigenvalue weighted by Crippen LogP contribution is 2.25. The largest absolute Gasteiger partial charge is 0.300 e. The minimum absolute atomic E-state index is 0.331. The Kier molecular flexibility index (Phi) is 3.93. The maximum Gasteiger partial charge on any atom is 0.0789 e. The molecule has 2 rings (SSSR count). The van der Waals surface area contributed by atoms with E-state index in [4.69, 9.17) is 0 Å². The van der Waals surface area contributed by atoms with Gasteiger partial charge in [-0.25, -0.2) is 5.43 Å². The highest BCUT2D eigenvalue weighted by atomic mass is 15.5. The van der Waals surface area contributed by atoms with Crippen molar-refractivity contribution in [2.45, 2.75) is 38.4 Å². The van der Waals surface area contributed by atoms with E-state index >= 15 is 0 Å². The van der Waals surface area contributed by atoms with Crippen LogP contribution in [0.3, 0.4) is 0 Å². The molecule has 1 saturated heterocycles. The highest BCUT2D eigenvalue weighted by molar-refractivity contribution is 5.24. The zero-order valence-electron chi connectivity index (χ0n) is 10.0. The van der Waals surface area contributed by atoms with Crippen LogP contribution in [0.15, 0.2) is 30.3 Å². The minimum atomic E-state index is 0.331. The van der Waals surface area contributed by atoms with Gasteiger partial charge in [0, 0.05) is 12.0 Å². The summed E-state index contributed by atoms with van der Waals surface area (Å²) < 4.78 is 0. The van der Waals surface area contributed by atoms with Crippen molar-refractivity contribution in [2.24, 2.45) is 0 Å². The fraction of sp³-hybridized carbons (Fsp3) is 0.538. The fourth-order valence-corrected chi connectivity index (χ4v) is 2.32. The van der Waals surface area contributed by atoms with Crippen molar-refractivity contribution < 1.29 is 0 Å². The molecule has 1 heterocycles. The van der Waals surface area contributed by atoms with E-state index in [1.807, 2.05) is 0 Å². The van der Waals surface area contributed by atoms with Gasteiger partial charge in [0.25, 0.3) is 0 Å². The van der Waals surface area contributed by atoms with Gasteiger partial charge in [0.2, 0.25) is 0 Å². The van der Waals surface area contributed by atoms with Gasteiger partial charge in [-0.15, -0.1) is 0 Å². The van der Waals surface area contributed by atoms with Gasteiger partial charge in [0.15, 0.2) is 0 Å². The fourth-order valence-electron chi connectivity index (χ4n) is 2.32. The molecule has 1 aliphatic heterocycles. The lowest BCUT2D eigenvalue weighted by atomic mass is 9.91. The minimum Gasteiger partial charge on any atom is -0.300 e. The normalized spacial score (nSPS) is 29.5. The van der Waals surface area contributed by atoms with Gasteiger partial charge in [0.1, 0.15) is 0 Å². The summed E-state index contributed by atoms with van der Waals surface area (Å²) in [7, 11) is 0. The van der Waals surface area contributed by atoms with Gasteiger partial charge < -0.3 is 5.32 Å². The summed E-state index contributed by atoms with van der Waals surface area (Å²) in [5.74, 6) is 0.493. The van der Waals surface area contributed by atoms with Crippen LogP contribution in [0.25, 0.3) is 0 Å². The Morgan fingerprint density at radius 2 is 1.94 bits per heavy atom. The third-order valence-corrected chi connectivity index (χ3v) is 3.16. The van der Waals surface area contributed by atoms with E-state index in [0.717, 1.165) is 13.0 Å². The molecule has 1 aromatic rings. The van der Waals surface area contributed by atoms with E-state index in [1.165, 1.54) is 5.56 Å². The number of rotatable bonds is 4. The average molecular weight is 219 g/mol. The van der Waals surface area contributed by atoms with E-state index in [-0.39, 0.29) is 0 Å². The molecule has 0 bridgehead atoms. The van der Waals surface area contributed by atoms with Gasteiger partial charge in [-0.1, -0.05) is 37.3 Å². The van der Waals surface area contributed by atoms with Crippen LogP contribution in [0.4, 0.5) is 0 Å². The summed E-state index contributed by atoms with van der Waals surface area (Å²) in [5, 5.41) is 3.54. The second kappa shape index (κ2) is 5.43. The Bertz CT molecular complexity index is 312. The van der Waals surface area contributed by atoms with E-state index in [0.29, 0.717) is 18.1 Å². The van der Waals surface area contributed by atoms with Gasteiger partial charge in [0.05, 0.1) is 6.17 Å². The molecule has 16 heavy (non-hydrogen) atoms. The molecule has 3 heteroatoms. The molecule has 0 saturated carbocycles. The number of nitrogens with one attached hydrogen (secondary N) is 3. The lowest BCUT2D eigenvalue weighted by molar-refractivity contribution is 0.430. The molecule has 3 N–H and O–H groups in total. The van der Waals surface area contributed by atoms with Crippen LogP contribution in [0, 0.1) is 0 Å². The maximum absolute atomic E-state index is 3.54. The molecule has 1 fully saturated rings. The maximum atomic E-state index is 3.54. The van der Waals surface area contributed by atoms with Gasteiger partial charge in [-0.3, -0.25) is 5.43 Å². The molecule has 3 nitrogen and oxygen atoms in total. The van der Waals surface area contributed by atoms with Gasteiger partial charge >= 0.3 is 0 Å². The molecule has 0 spiro atoms. The molecule has 0 amide bonds. The molecular formula is C13H21N3. The summed E-state index contributed by atoms with van der Waals surface area (Å²) in [4.78, 5) is 0. The van der Waals surface area contributed by atoms with Crippen molar-refractivity contribution >= 4 is 0 Å². The standard InChI is InChI=1S/C13H21N3/c1-3-9-14-13-12(10(2)15-16-13)11-7-5-4-6-8-11/h4-8,10,12-16H,3,9H2,1-2H3. The zero-order chi connectivity index (χ0) is 11.4. The molecule has 88 valence electrons. The Balaban J connectivity index is 2.10. The molecule has 3 unspecified atom stereocenters. The number of benzene rings is 1. The lowest BCUT2D eigenvalue weighted by Gasteiger charge is -2.22. The first kappa shape index (κ1) is 11.6. The Morgan fingerprint density at radius 1 is 1.19 bits per heavy atom. The Morgan fingerprint density at radius 3 is 2.62 bits per heavy atom. The number of hydrazine groups is 1. The quantitative estimate of drug-likeness (QED) is 0.720. The van der Waals surface area contributed by atoms with Crippen molar-refractivity contribution in [3.05, 3.63) is 35.9 Å². The molecule has 0 radical (unpaired) electrons. The lowest BCUT2D eigenvalue weighted by Crippen LogP contribution is -2.43. The van der Waals surface area contributed by atoms with E-state index in [2.05, 4.69) is 60.3 Å². The van der Waals surface area contributed by atoms with Crippen molar-refractivity contribution in [2.75, 3.05) is 6.54 Å². The van der Waals surface area contributed by atoms with Crippen molar-refractivity contribution in [3.8, 4) is 0 Å². The van der Waals surface area contributed by atoms with E-state index in [1.54, 1.807) is 0 Å². The van der Waals surface area contributed by atoms with E-state index in [9.17, 15) is 0 Å². The van der Waals surface area contributed by atoms with Crippen molar-refractivity contribution in [1.82, 2.24) is 16.2 Å². The monoisotopic (exact) mass is 219 g/mol. The van der Waals surface area contributed by atoms with E-state index < -0.39 is 0 Å². The first-order chi connectivity index (χ1) is 7.83. The molecule has 0 aliphatic carbocycles. The third-order valence-electron chi connectivity index (χ3n) is 3.16. The van der Waals surface area contributed by atoms with Gasteiger partial charge in [-0.2, -0.15) is 0 Å².